The Hall–Kier alpha value is -2.77. The van der Waals surface area contributed by atoms with Crippen molar-refractivity contribution < 1.29 is 18.0 Å². The minimum atomic E-state index is -4.43. The molecule has 2 rings (SSSR count). The summed E-state index contributed by atoms with van der Waals surface area (Å²) in [6.45, 7) is 2.73. The van der Waals surface area contributed by atoms with Crippen LogP contribution in [0.2, 0.25) is 0 Å². The molecule has 152 valence electrons. The molecule has 0 fully saturated rings. The van der Waals surface area contributed by atoms with E-state index < -0.39 is 18.6 Å². The van der Waals surface area contributed by atoms with Gasteiger partial charge < -0.3 is 15.5 Å². The van der Waals surface area contributed by atoms with Crippen LogP contribution in [-0.2, 0) is 4.79 Å². The van der Waals surface area contributed by atoms with E-state index in [1.165, 1.54) is 0 Å². The molecule has 1 amide bonds. The molecule has 0 aromatic heterocycles. The number of guanidine groups is 1. The van der Waals surface area contributed by atoms with E-state index in [2.05, 4.69) is 15.6 Å². The van der Waals surface area contributed by atoms with E-state index in [9.17, 15) is 18.0 Å². The summed E-state index contributed by atoms with van der Waals surface area (Å²) < 4.78 is 37.3. The van der Waals surface area contributed by atoms with Gasteiger partial charge in [0.1, 0.15) is 13.1 Å². The Morgan fingerprint density at radius 3 is 2.54 bits per heavy atom. The van der Waals surface area contributed by atoms with Crippen molar-refractivity contribution in [2.24, 2.45) is 4.99 Å². The fourth-order valence-electron chi connectivity index (χ4n) is 2.86. The first kappa shape index (κ1) is 21.5. The number of nitrogens with zero attached hydrogens (tertiary/aromatic N) is 2. The predicted molar refractivity (Wildman–Crippen MR) is 105 cm³/mol. The van der Waals surface area contributed by atoms with Crippen molar-refractivity contribution in [2.75, 3.05) is 26.7 Å². The number of benzene rings is 2. The number of fused-ring (bicyclic) bond motifs is 1. The Morgan fingerprint density at radius 2 is 1.86 bits per heavy atom. The molecule has 0 saturated heterocycles. The Bertz CT molecular complexity index is 830. The van der Waals surface area contributed by atoms with Gasteiger partial charge in [0.2, 0.25) is 5.91 Å². The highest BCUT2D eigenvalue weighted by Crippen LogP contribution is 2.24. The van der Waals surface area contributed by atoms with Crippen LogP contribution in [0.25, 0.3) is 10.8 Å². The molecule has 2 aromatic carbocycles. The monoisotopic (exact) mass is 394 g/mol. The van der Waals surface area contributed by atoms with E-state index in [1.807, 2.05) is 56.3 Å². The van der Waals surface area contributed by atoms with Crippen molar-refractivity contribution in [3.05, 3.63) is 48.0 Å². The molecule has 0 aliphatic carbocycles. The molecule has 1 atom stereocenters. The zero-order valence-corrected chi connectivity index (χ0v) is 16.2. The van der Waals surface area contributed by atoms with Gasteiger partial charge in [-0.15, -0.1) is 0 Å². The van der Waals surface area contributed by atoms with Crippen LogP contribution >= 0.6 is 0 Å². The fourth-order valence-corrected chi connectivity index (χ4v) is 2.86. The maximum Gasteiger partial charge on any atom is 0.406 e. The second kappa shape index (κ2) is 9.43. The summed E-state index contributed by atoms with van der Waals surface area (Å²) in [4.78, 5) is 16.7. The number of likely N-dealkylation sites (N-methyl/N-ethyl adjacent to an activating group) is 1. The first-order chi connectivity index (χ1) is 13.2. The summed E-state index contributed by atoms with van der Waals surface area (Å²) in [5.74, 6) is -0.330. The smallest absolute Gasteiger partial charge is 0.357 e. The first-order valence-corrected chi connectivity index (χ1v) is 9.04. The van der Waals surface area contributed by atoms with Crippen LogP contribution in [0.15, 0.2) is 47.5 Å². The van der Waals surface area contributed by atoms with Crippen molar-refractivity contribution in [3.63, 3.8) is 0 Å². The van der Waals surface area contributed by atoms with Crippen molar-refractivity contribution in [1.82, 2.24) is 15.5 Å². The summed E-state index contributed by atoms with van der Waals surface area (Å²) >= 11 is 0. The SMILES string of the molecule is CCNC(=NCC(=O)N(C)CC(F)(F)F)NC(C)c1cccc2ccccc12. The molecular weight excluding hydrogens is 369 g/mol. The molecule has 0 bridgehead atoms. The van der Waals surface area contributed by atoms with E-state index in [1.54, 1.807) is 0 Å². The molecule has 0 aliphatic rings. The fraction of sp³-hybridized carbons (Fsp3) is 0.400. The lowest BCUT2D eigenvalue weighted by Crippen LogP contribution is -2.41. The number of carbonyl (C=O) groups excluding carboxylic acids is 1. The highest BCUT2D eigenvalue weighted by Gasteiger charge is 2.31. The molecule has 1 unspecified atom stereocenters. The van der Waals surface area contributed by atoms with Crippen LogP contribution in [0.4, 0.5) is 13.2 Å². The average molecular weight is 394 g/mol. The highest BCUT2D eigenvalue weighted by molar-refractivity contribution is 5.88. The van der Waals surface area contributed by atoms with Crippen LogP contribution in [-0.4, -0.2) is 49.6 Å². The van der Waals surface area contributed by atoms with Crippen LogP contribution in [0.1, 0.15) is 25.5 Å². The van der Waals surface area contributed by atoms with Gasteiger partial charge in [0.25, 0.3) is 0 Å². The normalized spacial score (nSPS) is 13.3. The summed E-state index contributed by atoms with van der Waals surface area (Å²) in [6, 6.07) is 13.9. The van der Waals surface area contributed by atoms with Crippen LogP contribution < -0.4 is 10.6 Å². The third-order valence-electron chi connectivity index (χ3n) is 4.20. The van der Waals surface area contributed by atoms with E-state index >= 15 is 0 Å². The Balaban J connectivity index is 2.11. The molecule has 2 aromatic rings. The number of alkyl halides is 3. The third-order valence-corrected chi connectivity index (χ3v) is 4.20. The van der Waals surface area contributed by atoms with Crippen molar-refractivity contribution >= 4 is 22.6 Å². The zero-order valence-electron chi connectivity index (χ0n) is 16.2. The summed E-state index contributed by atoms with van der Waals surface area (Å²) in [7, 11) is 1.12. The van der Waals surface area contributed by atoms with E-state index in [-0.39, 0.29) is 12.6 Å². The lowest BCUT2D eigenvalue weighted by Gasteiger charge is -2.21. The van der Waals surface area contributed by atoms with Gasteiger partial charge in [-0.3, -0.25) is 4.79 Å². The van der Waals surface area contributed by atoms with Gasteiger partial charge in [0, 0.05) is 13.6 Å². The minimum absolute atomic E-state index is 0.119. The van der Waals surface area contributed by atoms with E-state index in [4.69, 9.17) is 0 Å². The van der Waals surface area contributed by atoms with Crippen LogP contribution in [0.3, 0.4) is 0 Å². The maximum atomic E-state index is 12.4. The van der Waals surface area contributed by atoms with Gasteiger partial charge in [0.05, 0.1) is 6.04 Å². The molecule has 0 aliphatic heterocycles. The summed E-state index contributed by atoms with van der Waals surface area (Å²) in [6.07, 6.45) is -4.43. The quantitative estimate of drug-likeness (QED) is 0.583. The van der Waals surface area contributed by atoms with E-state index in [0.717, 1.165) is 23.4 Å². The molecule has 0 radical (unpaired) electrons. The van der Waals surface area contributed by atoms with Crippen LogP contribution in [0, 0.1) is 0 Å². The number of rotatable bonds is 6. The molecular formula is C20H25F3N4O. The molecule has 2 N–H and O–H groups in total. The summed E-state index contributed by atoms with van der Waals surface area (Å²) in [5, 5.41) is 8.44. The third kappa shape index (κ3) is 6.14. The number of nitrogens with one attached hydrogen (secondary N) is 2. The van der Waals surface area contributed by atoms with Gasteiger partial charge in [0.15, 0.2) is 5.96 Å². The average Bonchev–Trinajstić information content (AvgIpc) is 2.64. The van der Waals surface area contributed by atoms with Gasteiger partial charge in [-0.05, 0) is 30.2 Å². The van der Waals surface area contributed by atoms with Crippen molar-refractivity contribution in [2.45, 2.75) is 26.1 Å². The number of amides is 1. The van der Waals surface area contributed by atoms with Crippen molar-refractivity contribution in [1.29, 1.82) is 0 Å². The zero-order chi connectivity index (χ0) is 20.7. The lowest BCUT2D eigenvalue weighted by atomic mass is 10.00. The topological polar surface area (TPSA) is 56.7 Å². The largest absolute Gasteiger partial charge is 0.406 e. The second-order valence-electron chi connectivity index (χ2n) is 6.49. The number of hydrogen-bond donors (Lipinski definition) is 2. The molecule has 8 heteroatoms. The molecule has 0 saturated carbocycles. The number of aliphatic imine (C=N–C) groups is 1. The Labute approximate surface area is 162 Å². The summed E-state index contributed by atoms with van der Waals surface area (Å²) in [5.41, 5.74) is 1.06. The van der Waals surface area contributed by atoms with Crippen LogP contribution in [0.5, 0.6) is 0 Å². The van der Waals surface area contributed by atoms with E-state index in [0.29, 0.717) is 17.4 Å². The molecule has 0 heterocycles. The Kier molecular flexibility index (Phi) is 7.25. The molecule has 28 heavy (non-hydrogen) atoms. The van der Waals surface area contributed by atoms with Gasteiger partial charge >= 0.3 is 6.18 Å². The lowest BCUT2D eigenvalue weighted by molar-refractivity contribution is -0.157. The first-order valence-electron chi connectivity index (χ1n) is 9.04. The number of carbonyl (C=O) groups is 1. The highest BCUT2D eigenvalue weighted by atomic mass is 19.4. The van der Waals surface area contributed by atoms with Crippen molar-refractivity contribution in [3.8, 4) is 0 Å². The second-order valence-corrected chi connectivity index (χ2v) is 6.49. The van der Waals surface area contributed by atoms with Gasteiger partial charge in [-0.1, -0.05) is 42.5 Å². The molecule has 5 nitrogen and oxygen atoms in total. The minimum Gasteiger partial charge on any atom is -0.357 e. The maximum absolute atomic E-state index is 12.4. The number of halogens is 3. The molecule has 0 spiro atoms. The standard InChI is InChI=1S/C20H25F3N4O/c1-4-24-19(25-12-18(28)27(3)13-20(21,22)23)26-14(2)16-11-7-9-15-8-5-6-10-17(15)16/h5-11,14H,4,12-13H2,1-3H3,(H2,24,25,26). The Morgan fingerprint density at radius 1 is 1.18 bits per heavy atom. The number of hydrogen-bond acceptors (Lipinski definition) is 2. The van der Waals surface area contributed by atoms with Gasteiger partial charge in [-0.25, -0.2) is 4.99 Å². The predicted octanol–water partition coefficient (Wildman–Crippen LogP) is 3.48. The van der Waals surface area contributed by atoms with Gasteiger partial charge in [-0.2, -0.15) is 13.2 Å².